The Bertz CT molecular complexity index is 731. The minimum Gasteiger partial charge on any atom is -0.459 e. The Balaban J connectivity index is 1.52. The molecule has 5 heteroatoms. The number of hydrogen-bond acceptors (Lipinski definition) is 3. The number of nitrogens with one attached hydrogen (secondary N) is 1. The minimum absolute atomic E-state index is 0.0737. The number of carbonyl (C=O) groups is 2. The van der Waals surface area contributed by atoms with Crippen molar-refractivity contribution in [3.63, 3.8) is 0 Å². The molecule has 2 aromatic rings. The third-order valence-corrected chi connectivity index (χ3v) is 5.32. The van der Waals surface area contributed by atoms with Crippen molar-refractivity contribution in [2.24, 2.45) is 0 Å². The summed E-state index contributed by atoms with van der Waals surface area (Å²) >= 11 is 0. The largest absolute Gasteiger partial charge is 0.459 e. The highest BCUT2D eigenvalue weighted by atomic mass is 16.3. The Hall–Kier alpha value is -2.56. The molecule has 4 rings (SSSR count). The van der Waals surface area contributed by atoms with Gasteiger partial charge in [-0.3, -0.25) is 9.59 Å². The van der Waals surface area contributed by atoms with Crippen LogP contribution in [0.3, 0.4) is 0 Å². The first-order valence-electron chi connectivity index (χ1n) is 8.37. The van der Waals surface area contributed by atoms with Crippen LogP contribution in [-0.2, 0) is 4.79 Å². The highest BCUT2D eigenvalue weighted by Gasteiger charge is 2.49. The Morgan fingerprint density at radius 2 is 1.88 bits per heavy atom. The summed E-state index contributed by atoms with van der Waals surface area (Å²) in [6.45, 7) is 1.26. The lowest BCUT2D eigenvalue weighted by molar-refractivity contribution is -0.120. The number of hydrogen-bond donors (Lipinski definition) is 1. The zero-order chi connectivity index (χ0) is 16.6. The van der Waals surface area contributed by atoms with Crippen molar-refractivity contribution in [3.8, 4) is 0 Å². The summed E-state index contributed by atoms with van der Waals surface area (Å²) in [5.74, 6) is 0.582. The second-order valence-electron chi connectivity index (χ2n) is 6.64. The second-order valence-corrected chi connectivity index (χ2v) is 6.64. The van der Waals surface area contributed by atoms with Gasteiger partial charge in [0.1, 0.15) is 0 Å². The van der Waals surface area contributed by atoms with Crippen molar-refractivity contribution in [3.05, 3.63) is 60.1 Å². The highest BCUT2D eigenvalue weighted by Crippen LogP contribution is 2.43. The summed E-state index contributed by atoms with van der Waals surface area (Å²) < 4.78 is 5.21. The van der Waals surface area contributed by atoms with Gasteiger partial charge in [0.15, 0.2) is 5.76 Å². The van der Waals surface area contributed by atoms with Crippen LogP contribution in [0.1, 0.15) is 41.3 Å². The quantitative estimate of drug-likeness (QED) is 0.923. The fraction of sp³-hybridized carbons (Fsp3) is 0.368. The number of carbonyl (C=O) groups excluding carboxylic acids is 2. The molecule has 1 spiro atoms. The molecule has 3 heterocycles. The monoisotopic (exact) mass is 324 g/mol. The van der Waals surface area contributed by atoms with Crippen molar-refractivity contribution in [1.82, 2.24) is 10.2 Å². The van der Waals surface area contributed by atoms with Gasteiger partial charge in [0.2, 0.25) is 5.91 Å². The molecule has 2 aliphatic rings. The van der Waals surface area contributed by atoms with Crippen LogP contribution in [-0.4, -0.2) is 35.3 Å². The molecule has 5 nitrogen and oxygen atoms in total. The van der Waals surface area contributed by atoms with Gasteiger partial charge >= 0.3 is 0 Å². The molecular formula is C19H20N2O3. The zero-order valence-corrected chi connectivity index (χ0v) is 13.4. The van der Waals surface area contributed by atoms with E-state index in [0.29, 0.717) is 25.3 Å². The van der Waals surface area contributed by atoms with Crippen molar-refractivity contribution < 1.29 is 14.0 Å². The molecular weight excluding hydrogens is 304 g/mol. The lowest BCUT2D eigenvalue weighted by Gasteiger charge is -2.42. The van der Waals surface area contributed by atoms with Gasteiger partial charge in [0, 0.05) is 25.4 Å². The van der Waals surface area contributed by atoms with E-state index >= 15 is 0 Å². The van der Waals surface area contributed by atoms with E-state index in [1.54, 1.807) is 12.1 Å². The molecule has 1 aromatic carbocycles. The topological polar surface area (TPSA) is 62.6 Å². The predicted octanol–water partition coefficient (Wildman–Crippen LogP) is 2.56. The summed E-state index contributed by atoms with van der Waals surface area (Å²) in [7, 11) is 0. The van der Waals surface area contributed by atoms with E-state index in [4.69, 9.17) is 4.42 Å². The second kappa shape index (κ2) is 5.82. The molecule has 2 aliphatic heterocycles. The van der Waals surface area contributed by atoms with E-state index in [1.165, 1.54) is 11.8 Å². The van der Waals surface area contributed by atoms with Gasteiger partial charge in [-0.1, -0.05) is 30.3 Å². The summed E-state index contributed by atoms with van der Waals surface area (Å²) in [6, 6.07) is 13.6. The summed E-state index contributed by atoms with van der Waals surface area (Å²) in [5.41, 5.74) is 0.958. The molecule has 0 unspecified atom stereocenters. The fourth-order valence-corrected chi connectivity index (χ4v) is 4.06. The Labute approximate surface area is 140 Å². The molecule has 0 radical (unpaired) electrons. The van der Waals surface area contributed by atoms with Gasteiger partial charge in [-0.2, -0.15) is 0 Å². The number of furan rings is 1. The van der Waals surface area contributed by atoms with Crippen molar-refractivity contribution in [2.45, 2.75) is 30.7 Å². The van der Waals surface area contributed by atoms with E-state index in [-0.39, 0.29) is 23.3 Å². The first-order chi connectivity index (χ1) is 11.7. The van der Waals surface area contributed by atoms with E-state index in [9.17, 15) is 9.59 Å². The Morgan fingerprint density at radius 3 is 2.54 bits per heavy atom. The third-order valence-electron chi connectivity index (χ3n) is 5.32. The average molecular weight is 324 g/mol. The molecule has 0 saturated carbocycles. The van der Waals surface area contributed by atoms with Crippen LogP contribution in [0.5, 0.6) is 0 Å². The van der Waals surface area contributed by atoms with Crippen LogP contribution in [0, 0.1) is 0 Å². The first kappa shape index (κ1) is 15.0. The maximum Gasteiger partial charge on any atom is 0.289 e. The molecule has 1 N–H and O–H groups in total. The molecule has 0 aliphatic carbocycles. The molecule has 2 fully saturated rings. The molecule has 124 valence electrons. The number of amides is 2. The van der Waals surface area contributed by atoms with Crippen LogP contribution in [0.2, 0.25) is 0 Å². The van der Waals surface area contributed by atoms with Crippen molar-refractivity contribution >= 4 is 11.8 Å². The van der Waals surface area contributed by atoms with Crippen LogP contribution in [0.4, 0.5) is 0 Å². The maximum absolute atomic E-state index is 12.4. The number of likely N-dealkylation sites (tertiary alicyclic amines) is 1. The fourth-order valence-electron chi connectivity index (χ4n) is 4.06. The lowest BCUT2D eigenvalue weighted by Crippen LogP contribution is -2.54. The SMILES string of the molecule is O=C1C[C@H](c2ccccc2)C2(CCN(C(=O)c3ccco3)CC2)N1. The van der Waals surface area contributed by atoms with Gasteiger partial charge in [0.25, 0.3) is 5.91 Å². The highest BCUT2D eigenvalue weighted by molar-refractivity contribution is 5.91. The van der Waals surface area contributed by atoms with Gasteiger partial charge in [-0.05, 0) is 30.5 Å². The predicted molar refractivity (Wildman–Crippen MR) is 88.5 cm³/mol. The number of rotatable bonds is 2. The number of benzene rings is 1. The van der Waals surface area contributed by atoms with E-state index in [1.807, 2.05) is 23.1 Å². The van der Waals surface area contributed by atoms with Crippen molar-refractivity contribution in [2.75, 3.05) is 13.1 Å². The van der Waals surface area contributed by atoms with Crippen LogP contribution in [0.15, 0.2) is 53.1 Å². The smallest absolute Gasteiger partial charge is 0.289 e. The summed E-state index contributed by atoms with van der Waals surface area (Å²) in [6.07, 6.45) is 3.58. The minimum atomic E-state index is -0.238. The van der Waals surface area contributed by atoms with Gasteiger partial charge in [-0.25, -0.2) is 0 Å². The molecule has 2 saturated heterocycles. The molecule has 2 amide bonds. The van der Waals surface area contributed by atoms with Crippen molar-refractivity contribution in [1.29, 1.82) is 0 Å². The van der Waals surface area contributed by atoms with Gasteiger partial charge in [0.05, 0.1) is 11.8 Å². The lowest BCUT2D eigenvalue weighted by atomic mass is 9.74. The van der Waals surface area contributed by atoms with E-state index in [0.717, 1.165) is 12.8 Å². The average Bonchev–Trinajstić information content (AvgIpc) is 3.24. The van der Waals surface area contributed by atoms with Gasteiger partial charge in [-0.15, -0.1) is 0 Å². The molecule has 1 aromatic heterocycles. The standard InChI is InChI=1S/C19H20N2O3/c22-17-13-15(14-5-2-1-3-6-14)19(20-17)8-10-21(11-9-19)18(23)16-7-4-12-24-16/h1-7,12,15H,8-11,13H2,(H,20,22)/t15-/m1/s1. The summed E-state index contributed by atoms with van der Waals surface area (Å²) in [4.78, 5) is 26.3. The van der Waals surface area contributed by atoms with Crippen LogP contribution in [0.25, 0.3) is 0 Å². The molecule has 24 heavy (non-hydrogen) atoms. The molecule has 1 atom stereocenters. The summed E-state index contributed by atoms with van der Waals surface area (Å²) in [5, 5.41) is 3.21. The maximum atomic E-state index is 12.4. The molecule has 0 bridgehead atoms. The van der Waals surface area contributed by atoms with Crippen LogP contribution >= 0.6 is 0 Å². The zero-order valence-electron chi connectivity index (χ0n) is 13.4. The van der Waals surface area contributed by atoms with Crippen LogP contribution < -0.4 is 5.32 Å². The Morgan fingerprint density at radius 1 is 1.12 bits per heavy atom. The van der Waals surface area contributed by atoms with E-state index < -0.39 is 0 Å². The van der Waals surface area contributed by atoms with E-state index in [2.05, 4.69) is 17.4 Å². The number of nitrogens with zero attached hydrogens (tertiary/aromatic N) is 1. The van der Waals surface area contributed by atoms with Gasteiger partial charge < -0.3 is 14.6 Å². The third kappa shape index (κ3) is 2.50. The first-order valence-corrected chi connectivity index (χ1v) is 8.37. The Kier molecular flexibility index (Phi) is 3.63. The number of piperidine rings is 1. The normalized spacial score (nSPS) is 22.6.